The van der Waals surface area contributed by atoms with Crippen LogP contribution >= 0.6 is 0 Å². The molecule has 32 heavy (non-hydrogen) atoms. The van der Waals surface area contributed by atoms with Gasteiger partial charge in [0.05, 0.1) is 11.1 Å². The first-order valence-electron chi connectivity index (χ1n) is 9.57. The maximum absolute atomic E-state index is 12.5. The molecule has 0 spiro atoms. The molecule has 1 aromatic heterocycles. The van der Waals surface area contributed by atoms with Crippen molar-refractivity contribution < 1.29 is 43.1 Å². The highest BCUT2D eigenvalue weighted by Gasteiger charge is 2.35. The van der Waals surface area contributed by atoms with Crippen LogP contribution < -0.4 is 9.67 Å². The Morgan fingerprint density at radius 1 is 0.969 bits per heavy atom. The number of carboxylic acids is 1. The predicted octanol–water partition coefficient (Wildman–Crippen LogP) is -0.588. The van der Waals surface area contributed by atoms with Crippen LogP contribution in [0.15, 0.2) is 36.8 Å². The fourth-order valence-electron chi connectivity index (χ4n) is 2.94. The second-order valence-electron chi connectivity index (χ2n) is 6.80. The Morgan fingerprint density at radius 3 is 2.00 bits per heavy atom. The molecule has 1 aliphatic heterocycles. The zero-order chi connectivity index (χ0) is 23.8. The number of imidazole rings is 1. The zero-order valence-electron chi connectivity index (χ0n) is 17.9. The zero-order valence-corrected chi connectivity index (χ0v) is 17.9. The highest BCUT2D eigenvalue weighted by atomic mass is 16.5. The number of benzene rings is 1. The summed E-state index contributed by atoms with van der Waals surface area (Å²) in [6.07, 6.45) is 3.69. The summed E-state index contributed by atoms with van der Waals surface area (Å²) in [6, 6.07) is 6.70. The van der Waals surface area contributed by atoms with Crippen molar-refractivity contribution in [3.8, 4) is 0 Å². The third kappa shape index (κ3) is 6.49. The van der Waals surface area contributed by atoms with Gasteiger partial charge in [-0.05, 0) is 19.1 Å². The lowest BCUT2D eigenvalue weighted by Gasteiger charge is -2.12. The van der Waals surface area contributed by atoms with Gasteiger partial charge in [0.25, 0.3) is 11.8 Å². The average Bonchev–Trinajstić information content (AvgIpc) is 3.22. The second kappa shape index (κ2) is 10.8. The molecule has 0 aliphatic carbocycles. The minimum absolute atomic E-state index is 0.00240. The van der Waals surface area contributed by atoms with Crippen molar-refractivity contribution in [1.82, 2.24) is 9.47 Å². The van der Waals surface area contributed by atoms with Crippen LogP contribution in [-0.4, -0.2) is 45.7 Å². The van der Waals surface area contributed by atoms with E-state index in [0.29, 0.717) is 23.2 Å². The standard InChI is InChI=1S/C19H20N3O6.C2H4O2/c1-13(23)27-11-20-9-15(21(10-20)12-28-14(2)24)7-8-22-18(25)16-5-3-4-6-17(16)19(22)26;1-2(3)4/h3-6,9-10H,7-8,11-12H2,1-2H3;1H3,(H,3,4)/q+1;/p-1. The summed E-state index contributed by atoms with van der Waals surface area (Å²) < 4.78 is 13.3. The van der Waals surface area contributed by atoms with E-state index in [1.54, 1.807) is 45.9 Å². The molecule has 0 bridgehead atoms. The highest BCUT2D eigenvalue weighted by Crippen LogP contribution is 2.22. The third-order valence-electron chi connectivity index (χ3n) is 4.26. The Morgan fingerprint density at radius 2 is 1.50 bits per heavy atom. The van der Waals surface area contributed by atoms with Gasteiger partial charge in [-0.3, -0.25) is 24.1 Å². The molecule has 1 aliphatic rings. The Labute approximate surface area is 183 Å². The largest absolute Gasteiger partial charge is 0.550 e. The van der Waals surface area contributed by atoms with Crippen LogP contribution in [0.1, 0.15) is 47.2 Å². The molecular weight excluding hydrogens is 422 g/mol. The Bertz CT molecular complexity index is 1000. The summed E-state index contributed by atoms with van der Waals surface area (Å²) in [6.45, 7) is 3.72. The summed E-state index contributed by atoms with van der Waals surface area (Å²) in [5.41, 5.74) is 1.50. The van der Waals surface area contributed by atoms with Crippen LogP contribution in [0.5, 0.6) is 0 Å². The number of rotatable bonds is 7. The summed E-state index contributed by atoms with van der Waals surface area (Å²) in [5.74, 6) is -2.60. The summed E-state index contributed by atoms with van der Waals surface area (Å²) in [7, 11) is 0. The number of carbonyl (C=O) groups is 5. The van der Waals surface area contributed by atoms with E-state index in [9.17, 15) is 19.2 Å². The van der Waals surface area contributed by atoms with Gasteiger partial charge >= 0.3 is 11.9 Å². The number of aromatic nitrogens is 2. The fraction of sp³-hybridized carbons (Fsp3) is 0.333. The normalized spacial score (nSPS) is 12.0. The van der Waals surface area contributed by atoms with Gasteiger partial charge in [0.15, 0.2) is 0 Å². The molecule has 11 nitrogen and oxygen atoms in total. The van der Waals surface area contributed by atoms with Crippen molar-refractivity contribution in [2.75, 3.05) is 6.54 Å². The Kier molecular flexibility index (Phi) is 8.22. The van der Waals surface area contributed by atoms with Crippen LogP contribution in [0.4, 0.5) is 0 Å². The molecule has 0 unspecified atom stereocenters. The predicted molar refractivity (Wildman–Crippen MR) is 104 cm³/mol. The van der Waals surface area contributed by atoms with Crippen LogP contribution in [0.2, 0.25) is 0 Å². The first-order chi connectivity index (χ1) is 15.1. The summed E-state index contributed by atoms with van der Waals surface area (Å²) >= 11 is 0. The summed E-state index contributed by atoms with van der Waals surface area (Å²) in [4.78, 5) is 57.2. The van der Waals surface area contributed by atoms with Crippen molar-refractivity contribution in [2.24, 2.45) is 0 Å². The van der Waals surface area contributed by atoms with Crippen molar-refractivity contribution in [2.45, 2.75) is 40.7 Å². The molecule has 2 aromatic rings. The van der Waals surface area contributed by atoms with Crippen molar-refractivity contribution >= 4 is 29.7 Å². The van der Waals surface area contributed by atoms with E-state index in [4.69, 9.17) is 19.4 Å². The Hall–Kier alpha value is -4.02. The lowest BCUT2D eigenvalue weighted by Crippen LogP contribution is -2.40. The lowest BCUT2D eigenvalue weighted by atomic mass is 10.1. The van der Waals surface area contributed by atoms with Crippen LogP contribution in [0.25, 0.3) is 0 Å². The fourth-order valence-corrected chi connectivity index (χ4v) is 2.94. The molecule has 0 saturated heterocycles. The molecule has 170 valence electrons. The smallest absolute Gasteiger partial charge is 0.305 e. The average molecular weight is 445 g/mol. The van der Waals surface area contributed by atoms with E-state index in [1.165, 1.54) is 18.7 Å². The molecule has 1 aromatic carbocycles. The topological polar surface area (TPSA) is 139 Å². The number of carbonyl (C=O) groups excluding carboxylic acids is 5. The third-order valence-corrected chi connectivity index (χ3v) is 4.26. The number of amides is 2. The lowest BCUT2D eigenvalue weighted by molar-refractivity contribution is -0.733. The number of fused-ring (bicyclic) bond motifs is 1. The number of nitrogens with zero attached hydrogens (tertiary/aromatic N) is 3. The van der Waals surface area contributed by atoms with Gasteiger partial charge in [0.2, 0.25) is 19.8 Å². The van der Waals surface area contributed by atoms with Gasteiger partial charge in [-0.1, -0.05) is 12.1 Å². The maximum atomic E-state index is 12.5. The van der Waals surface area contributed by atoms with E-state index in [-0.39, 0.29) is 31.8 Å². The molecule has 2 amide bonds. The SMILES string of the molecule is CC(=O)OCn1cc(CCN2C(=O)c3ccccc3C2=O)[n+](COC(C)=O)c1.CC(=O)[O-]. The van der Waals surface area contributed by atoms with Gasteiger partial charge in [-0.15, -0.1) is 0 Å². The van der Waals surface area contributed by atoms with Crippen LogP contribution in [0.3, 0.4) is 0 Å². The minimum Gasteiger partial charge on any atom is -0.550 e. The molecule has 0 N–H and O–H groups in total. The number of esters is 2. The quantitative estimate of drug-likeness (QED) is 0.313. The van der Waals surface area contributed by atoms with E-state index < -0.39 is 17.9 Å². The van der Waals surface area contributed by atoms with Crippen molar-refractivity contribution in [3.63, 3.8) is 0 Å². The van der Waals surface area contributed by atoms with Crippen LogP contribution in [0, 0.1) is 0 Å². The molecular formula is C21H23N3O8. The van der Waals surface area contributed by atoms with Gasteiger partial charge in [-0.25, -0.2) is 4.57 Å². The first-order valence-corrected chi connectivity index (χ1v) is 9.57. The molecule has 0 fully saturated rings. The molecule has 3 rings (SSSR count). The highest BCUT2D eigenvalue weighted by molar-refractivity contribution is 6.21. The number of imide groups is 1. The number of carboxylic acid groups (broad SMARTS) is 1. The molecule has 0 radical (unpaired) electrons. The molecule has 2 heterocycles. The van der Waals surface area contributed by atoms with Crippen molar-refractivity contribution in [3.05, 3.63) is 53.6 Å². The second-order valence-corrected chi connectivity index (χ2v) is 6.80. The van der Waals surface area contributed by atoms with Crippen molar-refractivity contribution in [1.29, 1.82) is 0 Å². The molecule has 11 heteroatoms. The summed E-state index contributed by atoms with van der Waals surface area (Å²) in [5, 5.41) is 8.89. The molecule has 0 atom stereocenters. The van der Waals surface area contributed by atoms with E-state index in [2.05, 4.69) is 0 Å². The molecule has 0 saturated carbocycles. The number of ether oxygens (including phenoxy) is 2. The Balaban J connectivity index is 0.000000837. The number of hydrogen-bond donors (Lipinski definition) is 0. The first kappa shape index (κ1) is 24.3. The van der Waals surface area contributed by atoms with Gasteiger partial charge in [0.1, 0.15) is 11.9 Å². The minimum atomic E-state index is -1.08. The van der Waals surface area contributed by atoms with Gasteiger partial charge < -0.3 is 19.4 Å². The van der Waals surface area contributed by atoms with E-state index >= 15 is 0 Å². The van der Waals surface area contributed by atoms with Gasteiger partial charge in [0, 0.05) is 32.8 Å². The number of aliphatic carboxylic acids is 1. The monoisotopic (exact) mass is 445 g/mol. The number of hydrogen-bond acceptors (Lipinski definition) is 8. The van der Waals surface area contributed by atoms with Crippen LogP contribution in [-0.2, 0) is 43.7 Å². The van der Waals surface area contributed by atoms with E-state index in [1.807, 2.05) is 0 Å². The van der Waals surface area contributed by atoms with E-state index in [0.717, 1.165) is 6.92 Å². The van der Waals surface area contributed by atoms with Gasteiger partial charge in [-0.2, -0.15) is 4.57 Å². The maximum Gasteiger partial charge on any atom is 0.305 e.